The third-order valence-electron chi connectivity index (χ3n) is 11.4. The number of ether oxygens (including phenoxy) is 3. The molecule has 11 rings (SSSR count). The first-order valence-electron chi connectivity index (χ1n) is 20.5. The van der Waals surface area contributed by atoms with Crippen LogP contribution in [-0.4, -0.2) is 41.3 Å². The first kappa shape index (κ1) is 37.5. The molecule has 0 radical (unpaired) electrons. The Kier molecular flexibility index (Phi) is 9.05. The molecule has 0 aliphatic rings. The second-order valence-corrected chi connectivity index (χ2v) is 15.5. The summed E-state index contributed by atoms with van der Waals surface area (Å²) in [6.45, 7) is 4.13. The normalized spacial score (nSPS) is 11.5. The minimum atomic E-state index is 0.0554. The number of phenolic OH excluding ortho intramolecular Hbond substituents is 1. The summed E-state index contributed by atoms with van der Waals surface area (Å²) >= 11 is 0. The van der Waals surface area contributed by atoms with Crippen molar-refractivity contribution in [3.05, 3.63) is 182 Å². The minimum Gasteiger partial charge on any atom is -0.507 e. The van der Waals surface area contributed by atoms with Gasteiger partial charge in [0.15, 0.2) is 11.5 Å². The van der Waals surface area contributed by atoms with Gasteiger partial charge < -0.3 is 19.3 Å². The average molecular weight is 823 g/mol. The van der Waals surface area contributed by atoms with Crippen molar-refractivity contribution in [1.82, 2.24) is 29.1 Å². The van der Waals surface area contributed by atoms with Crippen molar-refractivity contribution in [2.75, 3.05) is 7.11 Å². The van der Waals surface area contributed by atoms with E-state index in [0.717, 1.165) is 71.9 Å². The predicted molar refractivity (Wildman–Crippen MR) is 248 cm³/mol. The Hall–Kier alpha value is -8.50. The maximum absolute atomic E-state index is 11.0. The molecule has 0 atom stereocenters. The van der Waals surface area contributed by atoms with Crippen molar-refractivity contribution in [2.24, 2.45) is 0 Å². The van der Waals surface area contributed by atoms with Gasteiger partial charge in [0.2, 0.25) is 0 Å². The van der Waals surface area contributed by atoms with E-state index >= 15 is 0 Å². The molecule has 0 aliphatic carbocycles. The fourth-order valence-electron chi connectivity index (χ4n) is 8.39. The number of aromatic nitrogens is 6. The molecule has 0 amide bonds. The summed E-state index contributed by atoms with van der Waals surface area (Å²) in [6, 6.07) is 47.7. The molecule has 10 heteroatoms. The highest BCUT2D eigenvalue weighted by atomic mass is 16.5. The highest BCUT2D eigenvalue weighted by molar-refractivity contribution is 6.10. The van der Waals surface area contributed by atoms with Crippen LogP contribution in [0.25, 0.3) is 77.8 Å². The smallest absolute Gasteiger partial charge is 0.169 e. The highest BCUT2D eigenvalue weighted by Gasteiger charge is 2.18. The largest absolute Gasteiger partial charge is 0.507 e. The number of rotatable bonds is 9. The molecular formula is C53H38N6O4. The lowest BCUT2D eigenvalue weighted by Gasteiger charge is -2.13. The molecule has 5 aromatic heterocycles. The molecule has 1 N–H and O–H groups in total. The van der Waals surface area contributed by atoms with E-state index in [1.54, 1.807) is 37.7 Å². The Bertz CT molecular complexity index is 3560. The third kappa shape index (κ3) is 6.70. The maximum Gasteiger partial charge on any atom is 0.169 e. The van der Waals surface area contributed by atoms with Crippen molar-refractivity contribution < 1.29 is 19.3 Å². The van der Waals surface area contributed by atoms with Crippen LogP contribution in [0, 0.1) is 13.8 Å². The van der Waals surface area contributed by atoms with E-state index in [-0.39, 0.29) is 5.75 Å². The quantitative estimate of drug-likeness (QED) is 0.153. The van der Waals surface area contributed by atoms with E-state index in [0.29, 0.717) is 45.7 Å². The van der Waals surface area contributed by atoms with Gasteiger partial charge in [0.05, 0.1) is 53.0 Å². The van der Waals surface area contributed by atoms with Crippen molar-refractivity contribution in [2.45, 2.75) is 13.8 Å². The van der Waals surface area contributed by atoms with Gasteiger partial charge in [-0.25, -0.2) is 9.97 Å². The summed E-state index contributed by atoms with van der Waals surface area (Å²) in [7, 11) is 1.62. The zero-order valence-corrected chi connectivity index (χ0v) is 34.5. The van der Waals surface area contributed by atoms with Crippen molar-refractivity contribution in [3.63, 3.8) is 0 Å². The summed E-state index contributed by atoms with van der Waals surface area (Å²) in [5, 5.41) is 15.5. The second kappa shape index (κ2) is 15.2. The van der Waals surface area contributed by atoms with E-state index in [1.807, 2.05) is 91.3 Å². The Morgan fingerprint density at radius 2 is 1.00 bits per heavy atom. The van der Waals surface area contributed by atoms with Crippen LogP contribution < -0.4 is 14.2 Å². The topological polar surface area (TPSA) is 109 Å². The van der Waals surface area contributed by atoms with Gasteiger partial charge in [0.25, 0.3) is 0 Å². The van der Waals surface area contributed by atoms with Gasteiger partial charge in [-0.1, -0.05) is 36.4 Å². The van der Waals surface area contributed by atoms with Gasteiger partial charge in [-0.3, -0.25) is 19.1 Å². The van der Waals surface area contributed by atoms with Crippen molar-refractivity contribution in [3.8, 4) is 68.6 Å². The van der Waals surface area contributed by atoms with Crippen molar-refractivity contribution >= 4 is 43.6 Å². The minimum absolute atomic E-state index is 0.0554. The summed E-state index contributed by atoms with van der Waals surface area (Å²) in [4.78, 5) is 18.9. The van der Waals surface area contributed by atoms with Gasteiger partial charge in [-0.05, 0) is 122 Å². The third-order valence-corrected chi connectivity index (χ3v) is 11.4. The van der Waals surface area contributed by atoms with Crippen LogP contribution in [0.2, 0.25) is 0 Å². The van der Waals surface area contributed by atoms with E-state index in [2.05, 4.69) is 71.5 Å². The van der Waals surface area contributed by atoms with Crippen LogP contribution >= 0.6 is 0 Å². The van der Waals surface area contributed by atoms with E-state index in [9.17, 15) is 5.11 Å². The molecule has 0 aliphatic heterocycles. The Balaban J connectivity index is 0.883. The lowest BCUT2D eigenvalue weighted by molar-refractivity contribution is 0.379. The van der Waals surface area contributed by atoms with Crippen LogP contribution in [0.15, 0.2) is 170 Å². The summed E-state index contributed by atoms with van der Waals surface area (Å²) in [5.41, 5.74) is 8.67. The van der Waals surface area contributed by atoms with E-state index in [1.165, 1.54) is 0 Å². The zero-order valence-electron chi connectivity index (χ0n) is 34.5. The predicted octanol–water partition coefficient (Wildman–Crippen LogP) is 12.7. The first-order valence-corrected chi connectivity index (χ1v) is 20.5. The Labute approximate surface area is 361 Å². The average Bonchev–Trinajstić information content (AvgIpc) is 3.82. The molecule has 5 heterocycles. The molecule has 0 spiro atoms. The maximum atomic E-state index is 11.0. The number of benzene rings is 6. The molecule has 6 aromatic carbocycles. The molecule has 304 valence electrons. The summed E-state index contributed by atoms with van der Waals surface area (Å²) in [6.07, 6.45) is 6.99. The number of hydrogen-bond acceptors (Lipinski definition) is 8. The number of pyridine rings is 2. The van der Waals surface area contributed by atoms with Gasteiger partial charge in [0, 0.05) is 57.2 Å². The molecule has 10 nitrogen and oxygen atoms in total. The Morgan fingerprint density at radius 1 is 0.460 bits per heavy atom. The number of hydrogen-bond donors (Lipinski definition) is 1. The van der Waals surface area contributed by atoms with E-state index < -0.39 is 0 Å². The van der Waals surface area contributed by atoms with E-state index in [4.69, 9.17) is 34.1 Å². The molecule has 0 fully saturated rings. The van der Waals surface area contributed by atoms with Gasteiger partial charge in [-0.15, -0.1) is 0 Å². The first-order chi connectivity index (χ1) is 30.9. The number of fused-ring (bicyclic) bond motifs is 6. The summed E-state index contributed by atoms with van der Waals surface area (Å²) in [5.74, 6) is 4.63. The molecule has 0 bridgehead atoms. The molecule has 0 saturated heterocycles. The van der Waals surface area contributed by atoms with Crippen molar-refractivity contribution in [1.29, 1.82) is 0 Å². The number of para-hydroxylation sites is 2. The number of aromatic hydroxyl groups is 1. The van der Waals surface area contributed by atoms with Crippen LogP contribution in [0.3, 0.4) is 0 Å². The van der Waals surface area contributed by atoms with Crippen LogP contribution in [-0.2, 0) is 0 Å². The van der Waals surface area contributed by atoms with Crippen LogP contribution in [0.4, 0.5) is 0 Å². The molecular weight excluding hydrogens is 785 g/mol. The lowest BCUT2D eigenvalue weighted by Crippen LogP contribution is -1.98. The number of phenols is 1. The molecule has 0 unspecified atom stereocenters. The number of methoxy groups -OCH3 is 1. The van der Waals surface area contributed by atoms with Crippen LogP contribution in [0.5, 0.6) is 34.5 Å². The standard InChI is InChI=1S/C53H38N6O4/c1-32-20-22-54-52(24-32)58-45-10-6-4-8-38(45)40-16-13-36(28-47(40)58)62-35-15-18-49(60)42(27-35)44-31-56-43(30-57-44)34-12-19-50(61-3)51(26-34)63-37-14-17-41-39-9-5-7-11-46(39)59(48(41)29-37)53-25-33(2)21-23-55-53/h4-31,60H,1-3H3. The fourth-order valence-corrected chi connectivity index (χ4v) is 8.39. The van der Waals surface area contributed by atoms with Gasteiger partial charge in [-0.2, -0.15) is 0 Å². The van der Waals surface area contributed by atoms with Crippen LogP contribution in [0.1, 0.15) is 11.1 Å². The lowest BCUT2D eigenvalue weighted by atomic mass is 10.1. The number of nitrogens with zero attached hydrogens (tertiary/aromatic N) is 6. The zero-order chi connectivity index (χ0) is 42.6. The Morgan fingerprint density at radius 3 is 1.59 bits per heavy atom. The second-order valence-electron chi connectivity index (χ2n) is 15.5. The number of aryl methyl sites for hydroxylation is 2. The summed E-state index contributed by atoms with van der Waals surface area (Å²) < 4.78 is 23.1. The van der Waals surface area contributed by atoms with Gasteiger partial charge >= 0.3 is 0 Å². The fraction of sp³-hybridized carbons (Fsp3) is 0.0566. The molecule has 11 aromatic rings. The van der Waals surface area contributed by atoms with Gasteiger partial charge in [0.1, 0.15) is 34.6 Å². The molecule has 63 heavy (non-hydrogen) atoms. The SMILES string of the molecule is COc1ccc(-c2cnc(-c3cc(Oc4ccc5c6ccccc6n(-c6cc(C)ccn6)c5c4)ccc3O)cn2)cc1Oc1ccc2c3ccccc3n(-c3cc(C)ccn3)c2c1. The monoisotopic (exact) mass is 822 g/mol. The highest BCUT2D eigenvalue weighted by Crippen LogP contribution is 2.40. The molecule has 0 saturated carbocycles.